The predicted octanol–water partition coefficient (Wildman–Crippen LogP) is 3.81. The number of aliphatic hydroxyl groups excluding tert-OH is 1. The Morgan fingerprint density at radius 1 is 1.33 bits per heavy atom. The maximum atomic E-state index is 14.5. The zero-order valence-electron chi connectivity index (χ0n) is 13.3. The van der Waals surface area contributed by atoms with Crippen LogP contribution in [-0.2, 0) is 12.1 Å². The van der Waals surface area contributed by atoms with E-state index in [2.05, 4.69) is 4.98 Å². The molecule has 1 aromatic heterocycles. The summed E-state index contributed by atoms with van der Waals surface area (Å²) < 4.78 is 67.3. The summed E-state index contributed by atoms with van der Waals surface area (Å²) >= 11 is 0. The minimum absolute atomic E-state index is 0.106. The molecule has 2 aliphatic heterocycles. The van der Waals surface area contributed by atoms with Gasteiger partial charge in [0.05, 0.1) is 17.2 Å². The van der Waals surface area contributed by atoms with Gasteiger partial charge in [0.2, 0.25) is 0 Å². The molecule has 134 valence electrons. The van der Waals surface area contributed by atoms with E-state index in [0.717, 1.165) is 0 Å². The summed E-state index contributed by atoms with van der Waals surface area (Å²) in [5.74, 6) is -3.49. The summed E-state index contributed by atoms with van der Waals surface area (Å²) in [7, 11) is 0. The largest absolute Gasteiger partial charge is 0.417 e. The zero-order valence-corrected chi connectivity index (χ0v) is 13.3. The van der Waals surface area contributed by atoms with Crippen molar-refractivity contribution in [2.45, 2.75) is 50.9 Å². The van der Waals surface area contributed by atoms with Crippen LogP contribution in [0.5, 0.6) is 0 Å². The summed E-state index contributed by atoms with van der Waals surface area (Å²) in [5, 5.41) is 10.3. The van der Waals surface area contributed by atoms with E-state index >= 15 is 0 Å². The third-order valence-electron chi connectivity index (χ3n) is 5.07. The third kappa shape index (κ3) is 2.85. The Hall–Kier alpha value is -1.44. The normalized spacial score (nSPS) is 29.4. The van der Waals surface area contributed by atoms with E-state index < -0.39 is 41.8 Å². The van der Waals surface area contributed by atoms with Gasteiger partial charge in [0.1, 0.15) is 5.82 Å². The molecular weight excluding hydrogens is 331 g/mol. The number of aromatic nitrogens is 1. The third-order valence-corrected chi connectivity index (χ3v) is 5.07. The number of alkyl halides is 5. The second kappa shape index (κ2) is 5.54. The van der Waals surface area contributed by atoms with Crippen LogP contribution in [0.4, 0.5) is 27.8 Å². The molecule has 0 bridgehead atoms. The lowest BCUT2D eigenvalue weighted by molar-refractivity contribution is -0.138. The summed E-state index contributed by atoms with van der Waals surface area (Å²) in [6, 6.07) is -0.0491. The molecular formula is C16H19F5N2O. The monoisotopic (exact) mass is 350 g/mol. The van der Waals surface area contributed by atoms with E-state index in [0.29, 0.717) is 18.7 Å². The van der Waals surface area contributed by atoms with E-state index in [1.807, 2.05) is 13.8 Å². The van der Waals surface area contributed by atoms with Crippen molar-refractivity contribution in [1.82, 2.24) is 4.98 Å². The number of piperidine rings is 1. The molecule has 3 atom stereocenters. The number of halogens is 5. The standard InChI is InChI=1S/C16H19F5N2O/c1-8(2)11-4-10-5-15(17,18)12-3-9(16(19,20)21)6-22-14(12)23(10)7-13(11)24/h3,6,8,10-11,13,24H,4-5,7H2,1-2H3. The molecule has 0 aliphatic carbocycles. The number of hydrogen-bond donors (Lipinski definition) is 1. The van der Waals surface area contributed by atoms with Crippen molar-refractivity contribution in [2.24, 2.45) is 11.8 Å². The molecule has 3 heterocycles. The lowest BCUT2D eigenvalue weighted by atomic mass is 9.77. The van der Waals surface area contributed by atoms with E-state index in [4.69, 9.17) is 0 Å². The highest BCUT2D eigenvalue weighted by atomic mass is 19.4. The van der Waals surface area contributed by atoms with Crippen LogP contribution in [-0.4, -0.2) is 28.8 Å². The molecule has 2 aliphatic rings. The van der Waals surface area contributed by atoms with Gasteiger partial charge in [0.25, 0.3) is 5.92 Å². The Labute approximate surface area is 136 Å². The van der Waals surface area contributed by atoms with Crippen molar-refractivity contribution >= 4 is 5.82 Å². The van der Waals surface area contributed by atoms with Crippen molar-refractivity contribution in [2.75, 3.05) is 11.4 Å². The maximum absolute atomic E-state index is 14.5. The van der Waals surface area contributed by atoms with Crippen LogP contribution in [0.15, 0.2) is 12.3 Å². The predicted molar refractivity (Wildman–Crippen MR) is 77.8 cm³/mol. The Morgan fingerprint density at radius 2 is 2.00 bits per heavy atom. The fourth-order valence-electron chi connectivity index (χ4n) is 3.77. The van der Waals surface area contributed by atoms with E-state index in [1.165, 1.54) is 4.90 Å². The highest BCUT2D eigenvalue weighted by Crippen LogP contribution is 2.49. The molecule has 1 saturated heterocycles. The minimum atomic E-state index is -4.72. The van der Waals surface area contributed by atoms with Crippen molar-refractivity contribution in [1.29, 1.82) is 0 Å². The Morgan fingerprint density at radius 3 is 2.58 bits per heavy atom. The number of hydrogen-bond acceptors (Lipinski definition) is 3. The van der Waals surface area contributed by atoms with Crippen LogP contribution < -0.4 is 4.90 Å². The fourth-order valence-corrected chi connectivity index (χ4v) is 3.77. The zero-order chi connectivity index (χ0) is 17.9. The van der Waals surface area contributed by atoms with Gasteiger partial charge in [-0.25, -0.2) is 13.8 Å². The van der Waals surface area contributed by atoms with Gasteiger partial charge in [-0.15, -0.1) is 0 Å². The molecule has 1 N–H and O–H groups in total. The molecule has 0 amide bonds. The van der Waals surface area contributed by atoms with Gasteiger partial charge in [0, 0.05) is 25.2 Å². The molecule has 0 saturated carbocycles. The first-order valence-corrected chi connectivity index (χ1v) is 7.91. The average molecular weight is 350 g/mol. The highest BCUT2D eigenvalue weighted by molar-refractivity contribution is 5.55. The van der Waals surface area contributed by atoms with Crippen LogP contribution >= 0.6 is 0 Å². The second-order valence-corrected chi connectivity index (χ2v) is 7.02. The lowest BCUT2D eigenvalue weighted by Crippen LogP contribution is -2.55. The molecule has 0 spiro atoms. The molecule has 0 aromatic carbocycles. The van der Waals surface area contributed by atoms with Crippen LogP contribution in [0.1, 0.15) is 37.8 Å². The highest BCUT2D eigenvalue weighted by Gasteiger charge is 2.50. The molecule has 1 fully saturated rings. The molecule has 0 radical (unpaired) electrons. The number of nitrogens with zero attached hydrogens (tertiary/aromatic N) is 2. The van der Waals surface area contributed by atoms with E-state index in [1.54, 1.807) is 0 Å². The van der Waals surface area contributed by atoms with Crippen molar-refractivity contribution < 1.29 is 27.1 Å². The lowest BCUT2D eigenvalue weighted by Gasteiger charge is -2.48. The van der Waals surface area contributed by atoms with Crippen LogP contribution in [0.25, 0.3) is 0 Å². The van der Waals surface area contributed by atoms with Gasteiger partial charge in [-0.3, -0.25) is 0 Å². The fraction of sp³-hybridized carbons (Fsp3) is 0.688. The molecule has 1 aromatic rings. The maximum Gasteiger partial charge on any atom is 0.417 e. The van der Waals surface area contributed by atoms with Gasteiger partial charge in [-0.05, 0) is 24.3 Å². The summed E-state index contributed by atoms with van der Waals surface area (Å²) in [6.07, 6.45) is -5.04. The van der Waals surface area contributed by atoms with Gasteiger partial charge in [0.15, 0.2) is 0 Å². The van der Waals surface area contributed by atoms with E-state index in [-0.39, 0.29) is 24.2 Å². The number of fused-ring (bicyclic) bond motifs is 3. The summed E-state index contributed by atoms with van der Waals surface area (Å²) in [5.41, 5.74) is -1.89. The Bertz CT molecular complexity index is 631. The topological polar surface area (TPSA) is 36.4 Å². The summed E-state index contributed by atoms with van der Waals surface area (Å²) in [4.78, 5) is 5.22. The number of pyridine rings is 1. The van der Waals surface area contributed by atoms with Crippen molar-refractivity contribution in [3.63, 3.8) is 0 Å². The molecule has 3 rings (SSSR count). The first-order valence-electron chi connectivity index (χ1n) is 7.91. The van der Waals surface area contributed by atoms with Crippen LogP contribution in [0.2, 0.25) is 0 Å². The van der Waals surface area contributed by atoms with Gasteiger partial charge in [-0.1, -0.05) is 13.8 Å². The summed E-state index contributed by atoms with van der Waals surface area (Å²) in [6.45, 7) is 3.95. The Kier molecular flexibility index (Phi) is 4.01. The van der Waals surface area contributed by atoms with Crippen molar-refractivity contribution in [3.8, 4) is 0 Å². The van der Waals surface area contributed by atoms with Crippen LogP contribution in [0, 0.1) is 11.8 Å². The number of anilines is 1. The molecule has 3 unspecified atom stereocenters. The van der Waals surface area contributed by atoms with Gasteiger partial charge >= 0.3 is 6.18 Å². The average Bonchev–Trinajstić information content (AvgIpc) is 2.46. The molecule has 24 heavy (non-hydrogen) atoms. The first kappa shape index (κ1) is 17.4. The molecule has 8 heteroatoms. The second-order valence-electron chi connectivity index (χ2n) is 7.02. The smallest absolute Gasteiger partial charge is 0.391 e. The molecule has 3 nitrogen and oxygen atoms in total. The van der Waals surface area contributed by atoms with E-state index in [9.17, 15) is 27.1 Å². The quantitative estimate of drug-likeness (QED) is 0.783. The number of aliphatic hydroxyl groups is 1. The van der Waals surface area contributed by atoms with Crippen LogP contribution in [0.3, 0.4) is 0 Å². The van der Waals surface area contributed by atoms with Gasteiger partial charge in [-0.2, -0.15) is 13.2 Å². The number of rotatable bonds is 1. The van der Waals surface area contributed by atoms with Crippen molar-refractivity contribution in [3.05, 3.63) is 23.4 Å². The Balaban J connectivity index is 2.02. The van der Waals surface area contributed by atoms with Gasteiger partial charge < -0.3 is 10.0 Å². The SMILES string of the molecule is CC(C)C1CC2CC(F)(F)c3cc(C(F)(F)F)cnc3N2CC1O. The minimum Gasteiger partial charge on any atom is -0.391 e. The first-order chi connectivity index (χ1) is 11.0.